The highest BCUT2D eigenvalue weighted by molar-refractivity contribution is 9.10. The Morgan fingerprint density at radius 3 is 2.80 bits per heavy atom. The summed E-state index contributed by atoms with van der Waals surface area (Å²) in [5.74, 6) is -0.741. The van der Waals surface area contributed by atoms with Crippen LogP contribution in [0.5, 0.6) is 0 Å². The molecule has 5 heteroatoms. The van der Waals surface area contributed by atoms with E-state index in [1.165, 1.54) is 6.08 Å². The predicted octanol–water partition coefficient (Wildman–Crippen LogP) is 2.92. The van der Waals surface area contributed by atoms with Crippen LogP contribution in [0, 0.1) is 0 Å². The molecule has 0 atom stereocenters. The second-order valence-corrected chi connectivity index (χ2v) is 5.00. The first kappa shape index (κ1) is 16.4. The second-order valence-electron chi connectivity index (χ2n) is 4.15. The molecule has 0 unspecified atom stereocenters. The van der Waals surface area contributed by atoms with Crippen LogP contribution in [0.4, 0.5) is 0 Å². The van der Waals surface area contributed by atoms with Crippen molar-refractivity contribution in [2.45, 2.75) is 19.8 Å². The normalized spacial score (nSPS) is 10.5. The topological polar surface area (TPSA) is 55.4 Å². The number of amides is 1. The first-order valence-electron chi connectivity index (χ1n) is 6.49. The lowest BCUT2D eigenvalue weighted by Crippen LogP contribution is -2.29. The van der Waals surface area contributed by atoms with Crippen molar-refractivity contribution in [3.05, 3.63) is 40.4 Å². The highest BCUT2D eigenvalue weighted by atomic mass is 79.9. The molecule has 1 rings (SSSR count). The van der Waals surface area contributed by atoms with Gasteiger partial charge in [-0.15, -0.1) is 0 Å². The molecule has 1 aromatic rings. The van der Waals surface area contributed by atoms with Crippen LogP contribution in [0.3, 0.4) is 0 Å². The molecule has 0 fully saturated rings. The second kappa shape index (κ2) is 9.31. The summed E-state index contributed by atoms with van der Waals surface area (Å²) < 4.78 is 5.84. The van der Waals surface area contributed by atoms with Gasteiger partial charge >= 0.3 is 5.97 Å². The molecule has 1 amide bonds. The van der Waals surface area contributed by atoms with Gasteiger partial charge < -0.3 is 10.1 Å². The third-order valence-corrected chi connectivity index (χ3v) is 3.21. The number of esters is 1. The Labute approximate surface area is 127 Å². The summed E-state index contributed by atoms with van der Waals surface area (Å²) in [5, 5.41) is 2.48. The molecule has 0 aliphatic rings. The van der Waals surface area contributed by atoms with Gasteiger partial charge in [-0.1, -0.05) is 47.5 Å². The average molecular weight is 340 g/mol. The van der Waals surface area contributed by atoms with E-state index in [9.17, 15) is 9.59 Å². The number of hydrogen-bond donors (Lipinski definition) is 1. The highest BCUT2D eigenvalue weighted by Crippen LogP contribution is 2.16. The van der Waals surface area contributed by atoms with Crippen molar-refractivity contribution in [2.75, 3.05) is 13.2 Å². The van der Waals surface area contributed by atoms with Crippen LogP contribution >= 0.6 is 15.9 Å². The molecule has 0 heterocycles. The number of unbranched alkanes of at least 4 members (excludes halogenated alkanes) is 1. The fourth-order valence-corrected chi connectivity index (χ4v) is 1.79. The predicted molar refractivity (Wildman–Crippen MR) is 82.1 cm³/mol. The largest absolute Gasteiger partial charge is 0.464 e. The molecule has 0 bridgehead atoms. The summed E-state index contributed by atoms with van der Waals surface area (Å²) in [6.45, 7) is 2.31. The Balaban J connectivity index is 2.33. The number of rotatable bonds is 7. The maximum atomic E-state index is 11.5. The summed E-state index contributed by atoms with van der Waals surface area (Å²) in [6.07, 6.45) is 4.87. The van der Waals surface area contributed by atoms with Crippen LogP contribution in [0.2, 0.25) is 0 Å². The van der Waals surface area contributed by atoms with Crippen LogP contribution in [-0.4, -0.2) is 25.0 Å². The molecule has 0 aliphatic carbocycles. The van der Waals surface area contributed by atoms with Gasteiger partial charge in [-0.3, -0.25) is 9.59 Å². The Bertz CT molecular complexity index is 486. The van der Waals surface area contributed by atoms with Gasteiger partial charge in [0.25, 0.3) is 0 Å². The number of benzene rings is 1. The summed E-state index contributed by atoms with van der Waals surface area (Å²) in [5.41, 5.74) is 0.896. The number of ether oxygens (including phenoxy) is 1. The van der Waals surface area contributed by atoms with Crippen LogP contribution in [-0.2, 0) is 14.3 Å². The molecule has 0 aliphatic heterocycles. The fraction of sp³-hybridized carbons (Fsp3) is 0.333. The molecule has 1 N–H and O–H groups in total. The van der Waals surface area contributed by atoms with E-state index < -0.39 is 5.97 Å². The summed E-state index contributed by atoms with van der Waals surface area (Å²) in [7, 11) is 0. The van der Waals surface area contributed by atoms with Crippen molar-refractivity contribution in [1.82, 2.24) is 5.32 Å². The number of halogens is 1. The van der Waals surface area contributed by atoms with Gasteiger partial charge in [0.15, 0.2) is 0 Å². The van der Waals surface area contributed by atoms with Gasteiger partial charge in [-0.05, 0) is 24.1 Å². The summed E-state index contributed by atoms with van der Waals surface area (Å²) >= 11 is 3.39. The van der Waals surface area contributed by atoms with Crippen molar-refractivity contribution in [3.63, 3.8) is 0 Å². The van der Waals surface area contributed by atoms with E-state index in [0.717, 1.165) is 22.9 Å². The van der Waals surface area contributed by atoms with Gasteiger partial charge in [-0.2, -0.15) is 0 Å². The number of carbonyl (C=O) groups excluding carboxylic acids is 2. The summed E-state index contributed by atoms with van der Waals surface area (Å²) in [6, 6.07) is 7.55. The lowest BCUT2D eigenvalue weighted by Gasteiger charge is -2.04. The van der Waals surface area contributed by atoms with Crippen LogP contribution in [0.25, 0.3) is 6.08 Å². The molecule has 0 radical (unpaired) electrons. The molecule has 20 heavy (non-hydrogen) atoms. The molecule has 4 nitrogen and oxygen atoms in total. The molecule has 0 spiro atoms. The monoisotopic (exact) mass is 339 g/mol. The minimum Gasteiger partial charge on any atom is -0.464 e. The molecule has 108 valence electrons. The number of nitrogens with one attached hydrogen (secondary N) is 1. The third-order valence-electron chi connectivity index (χ3n) is 2.49. The van der Waals surface area contributed by atoms with Crippen molar-refractivity contribution in [1.29, 1.82) is 0 Å². The zero-order valence-corrected chi connectivity index (χ0v) is 13.0. The van der Waals surface area contributed by atoms with Crippen molar-refractivity contribution in [2.24, 2.45) is 0 Å². The first-order valence-corrected chi connectivity index (χ1v) is 7.29. The molecular weight excluding hydrogens is 322 g/mol. The molecular formula is C15H18BrNO3. The van der Waals surface area contributed by atoms with E-state index in [-0.39, 0.29) is 12.5 Å². The van der Waals surface area contributed by atoms with Crippen LogP contribution in [0.15, 0.2) is 34.8 Å². The van der Waals surface area contributed by atoms with E-state index in [2.05, 4.69) is 21.2 Å². The van der Waals surface area contributed by atoms with E-state index in [4.69, 9.17) is 4.74 Å². The molecule has 0 saturated carbocycles. The molecule has 0 saturated heterocycles. The van der Waals surface area contributed by atoms with Crippen molar-refractivity contribution in [3.8, 4) is 0 Å². The van der Waals surface area contributed by atoms with Gasteiger partial charge in [0.2, 0.25) is 5.91 Å². The van der Waals surface area contributed by atoms with Crippen LogP contribution < -0.4 is 5.32 Å². The average Bonchev–Trinajstić information content (AvgIpc) is 2.44. The van der Waals surface area contributed by atoms with Gasteiger partial charge in [0.05, 0.1) is 6.61 Å². The highest BCUT2D eigenvalue weighted by Gasteiger charge is 2.04. The SMILES string of the molecule is CCCCOC(=O)CNC(=O)/C=C/c1ccccc1Br. The minimum atomic E-state index is -0.416. The van der Waals surface area contributed by atoms with Gasteiger partial charge in [-0.25, -0.2) is 0 Å². The fourth-order valence-electron chi connectivity index (χ4n) is 1.38. The number of hydrogen-bond acceptors (Lipinski definition) is 3. The maximum absolute atomic E-state index is 11.5. The van der Waals surface area contributed by atoms with Crippen molar-refractivity contribution < 1.29 is 14.3 Å². The van der Waals surface area contributed by atoms with E-state index in [1.54, 1.807) is 6.08 Å². The van der Waals surface area contributed by atoms with Gasteiger partial charge in [0, 0.05) is 10.5 Å². The smallest absolute Gasteiger partial charge is 0.325 e. The molecule has 0 aromatic heterocycles. The lowest BCUT2D eigenvalue weighted by molar-refractivity contribution is -0.143. The standard InChI is InChI=1S/C15H18BrNO3/c1-2-3-10-20-15(19)11-17-14(18)9-8-12-6-4-5-7-13(12)16/h4-9H,2-3,10-11H2,1H3,(H,17,18)/b9-8+. The zero-order chi connectivity index (χ0) is 14.8. The Kier molecular flexibility index (Phi) is 7.65. The van der Waals surface area contributed by atoms with E-state index in [0.29, 0.717) is 6.61 Å². The van der Waals surface area contributed by atoms with Crippen molar-refractivity contribution >= 4 is 33.9 Å². The lowest BCUT2D eigenvalue weighted by atomic mass is 10.2. The Morgan fingerprint density at radius 1 is 1.35 bits per heavy atom. The quantitative estimate of drug-likeness (QED) is 0.472. The Hall–Kier alpha value is -1.62. The van der Waals surface area contributed by atoms with E-state index in [1.807, 2.05) is 31.2 Å². The molecule has 1 aromatic carbocycles. The minimum absolute atomic E-state index is 0.108. The van der Waals surface area contributed by atoms with E-state index >= 15 is 0 Å². The third kappa shape index (κ3) is 6.52. The summed E-state index contributed by atoms with van der Waals surface area (Å²) in [4.78, 5) is 22.8. The first-order chi connectivity index (χ1) is 9.63. The zero-order valence-electron chi connectivity index (χ0n) is 11.4. The Morgan fingerprint density at radius 2 is 2.10 bits per heavy atom. The van der Waals surface area contributed by atoms with Crippen LogP contribution in [0.1, 0.15) is 25.3 Å². The maximum Gasteiger partial charge on any atom is 0.325 e. The number of carbonyl (C=O) groups is 2. The van der Waals surface area contributed by atoms with Gasteiger partial charge in [0.1, 0.15) is 6.54 Å².